The van der Waals surface area contributed by atoms with E-state index in [9.17, 15) is 18.9 Å². The van der Waals surface area contributed by atoms with Gasteiger partial charge in [-0.2, -0.15) is 0 Å². The van der Waals surface area contributed by atoms with Crippen LogP contribution in [0.15, 0.2) is 0 Å². The molecule has 0 aromatic heterocycles. The molecule has 0 bridgehead atoms. The minimum Gasteiger partial charge on any atom is -0.462 e. The molecule has 0 rings (SSSR count). The first-order chi connectivity index (χ1) is 21.1. The number of esters is 2. The van der Waals surface area contributed by atoms with E-state index in [4.69, 9.17) is 19.3 Å². The van der Waals surface area contributed by atoms with Gasteiger partial charge in [-0.25, -0.2) is 4.57 Å². The molecule has 0 aromatic carbocycles. The molecule has 1 amide bonds. The Morgan fingerprint density at radius 3 is 1.45 bits per heavy atom. The van der Waals surface area contributed by atoms with Crippen LogP contribution < -0.4 is 5.32 Å². The summed E-state index contributed by atoms with van der Waals surface area (Å²) >= 11 is 0. The fraction of sp³-hybridized carbons (Fsp3) is 0.909. The van der Waals surface area contributed by atoms with Crippen LogP contribution in [0.1, 0.15) is 168 Å². The molecule has 0 unspecified atom stereocenters. The molecule has 0 aliphatic rings. The van der Waals surface area contributed by atoms with Gasteiger partial charge in [0.05, 0.1) is 6.61 Å². The Kier molecular flexibility index (Phi) is 29.2. The van der Waals surface area contributed by atoms with Crippen LogP contribution in [0, 0.1) is 0 Å². The quantitative estimate of drug-likeness (QED) is 0.0374. The normalized spacial score (nSPS) is 12.2. The summed E-state index contributed by atoms with van der Waals surface area (Å²) in [6.07, 6.45) is 24.3. The number of carbonyl (C=O) groups excluding carboxylic acids is 3. The van der Waals surface area contributed by atoms with E-state index in [1.165, 1.54) is 84.0 Å². The number of carbonyl (C=O) groups is 3. The fourth-order valence-corrected chi connectivity index (χ4v) is 5.34. The second kappa shape index (κ2) is 30.2. The minimum atomic E-state index is -4.75. The van der Waals surface area contributed by atoms with Crippen LogP contribution in [-0.2, 0) is 32.9 Å². The Labute approximate surface area is 267 Å². The number of rotatable bonds is 32. The zero-order chi connectivity index (χ0) is 32.7. The molecular weight excluding hydrogens is 585 g/mol. The summed E-state index contributed by atoms with van der Waals surface area (Å²) in [7, 11) is -4.75. The van der Waals surface area contributed by atoms with Gasteiger partial charge in [-0.1, -0.05) is 129 Å². The van der Waals surface area contributed by atoms with Crippen molar-refractivity contribution in [2.24, 2.45) is 0 Å². The second-order valence-electron chi connectivity index (χ2n) is 12.0. The van der Waals surface area contributed by atoms with Gasteiger partial charge in [0.1, 0.15) is 6.61 Å². The largest absolute Gasteiger partial charge is 0.469 e. The van der Waals surface area contributed by atoms with Crippen molar-refractivity contribution >= 4 is 25.7 Å². The number of nitrogens with one attached hydrogen (secondary N) is 1. The summed E-state index contributed by atoms with van der Waals surface area (Å²) < 4.78 is 26.2. The van der Waals surface area contributed by atoms with Gasteiger partial charge in [0.15, 0.2) is 6.10 Å². The van der Waals surface area contributed by atoms with Crippen LogP contribution in [0.25, 0.3) is 0 Å². The van der Waals surface area contributed by atoms with E-state index in [1.54, 1.807) is 0 Å². The van der Waals surface area contributed by atoms with Crippen molar-refractivity contribution in [3.8, 4) is 0 Å². The predicted octanol–water partition coefficient (Wildman–Crippen LogP) is 8.07. The number of phosphoric acid groups is 1. The smallest absolute Gasteiger partial charge is 0.462 e. The summed E-state index contributed by atoms with van der Waals surface area (Å²) in [5.74, 6) is -0.893. The zero-order valence-electron chi connectivity index (χ0n) is 27.9. The Morgan fingerprint density at radius 2 is 1.02 bits per heavy atom. The third-order valence-corrected chi connectivity index (χ3v) is 8.06. The van der Waals surface area contributed by atoms with Gasteiger partial charge in [-0.15, -0.1) is 0 Å². The maximum atomic E-state index is 12.3. The van der Waals surface area contributed by atoms with Crippen molar-refractivity contribution in [2.75, 3.05) is 19.8 Å². The van der Waals surface area contributed by atoms with E-state index in [-0.39, 0.29) is 25.4 Å². The van der Waals surface area contributed by atoms with Crippen molar-refractivity contribution < 1.29 is 42.7 Å². The molecule has 0 aromatic rings. The number of hydrogen-bond donors (Lipinski definition) is 3. The molecule has 11 heteroatoms. The molecular formula is C33H64NO9P. The third-order valence-electron chi connectivity index (χ3n) is 7.57. The Bertz CT molecular complexity index is 760. The summed E-state index contributed by atoms with van der Waals surface area (Å²) in [4.78, 5) is 53.3. The first-order valence-electron chi connectivity index (χ1n) is 17.4. The van der Waals surface area contributed by atoms with E-state index >= 15 is 0 Å². The average molecular weight is 650 g/mol. The molecule has 10 nitrogen and oxygen atoms in total. The van der Waals surface area contributed by atoms with E-state index in [2.05, 4.69) is 16.8 Å². The standard InChI is InChI=1S/C33H64NO9P/c1-3-4-5-6-7-8-9-10-14-17-20-23-26-33(37)43-31(29-42-44(38,39)40)28-41-32(36)25-22-19-16-13-11-12-15-18-21-24-27-34-30(2)35/h31H,3-29H2,1-2H3,(H,34,35)(H2,38,39,40)/t31-/m0/s1. The fourth-order valence-electron chi connectivity index (χ4n) is 4.98. The molecule has 0 heterocycles. The highest BCUT2D eigenvalue weighted by molar-refractivity contribution is 7.46. The van der Waals surface area contributed by atoms with Gasteiger partial charge >= 0.3 is 19.8 Å². The number of phosphoric ester groups is 1. The number of unbranched alkanes of at least 4 members (excludes halogenated alkanes) is 20. The highest BCUT2D eigenvalue weighted by atomic mass is 31.2. The molecule has 0 saturated heterocycles. The number of amides is 1. The summed E-state index contributed by atoms with van der Waals surface area (Å²) in [5.41, 5.74) is 0. The molecule has 44 heavy (non-hydrogen) atoms. The SMILES string of the molecule is CCCCCCCCCCCCCCC(=O)O[C@@H](COC(=O)CCCCCCCCCCCCNC(C)=O)COP(=O)(O)O. The van der Waals surface area contributed by atoms with Gasteiger partial charge < -0.3 is 24.6 Å². The van der Waals surface area contributed by atoms with Crippen molar-refractivity contribution in [1.82, 2.24) is 5.32 Å². The monoisotopic (exact) mass is 649 g/mol. The summed E-state index contributed by atoms with van der Waals surface area (Å²) in [6.45, 7) is 3.68. The topological polar surface area (TPSA) is 148 Å². The van der Waals surface area contributed by atoms with Crippen molar-refractivity contribution in [3.05, 3.63) is 0 Å². The molecule has 0 aliphatic heterocycles. The average Bonchev–Trinajstić information content (AvgIpc) is 2.96. The predicted molar refractivity (Wildman–Crippen MR) is 174 cm³/mol. The van der Waals surface area contributed by atoms with E-state index in [0.717, 1.165) is 57.9 Å². The van der Waals surface area contributed by atoms with E-state index in [0.29, 0.717) is 12.8 Å². The van der Waals surface area contributed by atoms with E-state index in [1.807, 2.05) is 0 Å². The Hall–Kier alpha value is -1.48. The van der Waals surface area contributed by atoms with Crippen LogP contribution >= 0.6 is 7.82 Å². The maximum Gasteiger partial charge on any atom is 0.469 e. The first kappa shape index (κ1) is 42.5. The molecule has 0 radical (unpaired) electrons. The Balaban J connectivity index is 3.95. The number of ether oxygens (including phenoxy) is 2. The van der Waals surface area contributed by atoms with Crippen LogP contribution in [0.5, 0.6) is 0 Å². The van der Waals surface area contributed by atoms with Crippen LogP contribution in [-0.4, -0.2) is 53.5 Å². The van der Waals surface area contributed by atoms with Crippen molar-refractivity contribution in [3.63, 3.8) is 0 Å². The lowest BCUT2D eigenvalue weighted by molar-refractivity contribution is -0.161. The molecule has 1 atom stereocenters. The molecule has 0 spiro atoms. The molecule has 260 valence electrons. The van der Waals surface area contributed by atoms with Crippen LogP contribution in [0.2, 0.25) is 0 Å². The molecule has 0 fully saturated rings. The zero-order valence-corrected chi connectivity index (χ0v) is 28.8. The Morgan fingerprint density at radius 1 is 0.614 bits per heavy atom. The van der Waals surface area contributed by atoms with Gasteiger partial charge in [-0.3, -0.25) is 18.9 Å². The first-order valence-corrected chi connectivity index (χ1v) is 19.0. The van der Waals surface area contributed by atoms with Gasteiger partial charge in [0, 0.05) is 26.3 Å². The van der Waals surface area contributed by atoms with Gasteiger partial charge in [-0.05, 0) is 19.3 Å². The third kappa shape index (κ3) is 33.4. The lowest BCUT2D eigenvalue weighted by Crippen LogP contribution is -2.29. The molecule has 3 N–H and O–H groups in total. The van der Waals surface area contributed by atoms with E-state index < -0.39 is 32.5 Å². The summed E-state index contributed by atoms with van der Waals surface area (Å²) in [5, 5.41) is 2.81. The van der Waals surface area contributed by atoms with Crippen LogP contribution in [0.4, 0.5) is 0 Å². The highest BCUT2D eigenvalue weighted by Gasteiger charge is 2.22. The molecule has 0 aliphatic carbocycles. The summed E-state index contributed by atoms with van der Waals surface area (Å²) in [6, 6.07) is 0. The lowest BCUT2D eigenvalue weighted by Gasteiger charge is -2.18. The molecule has 0 saturated carbocycles. The van der Waals surface area contributed by atoms with Crippen molar-refractivity contribution in [1.29, 1.82) is 0 Å². The maximum absolute atomic E-state index is 12.3. The lowest BCUT2D eigenvalue weighted by atomic mass is 10.0. The highest BCUT2D eigenvalue weighted by Crippen LogP contribution is 2.36. The number of hydrogen-bond acceptors (Lipinski definition) is 7. The van der Waals surface area contributed by atoms with Crippen molar-refractivity contribution in [2.45, 2.75) is 174 Å². The minimum absolute atomic E-state index is 0.0242. The van der Waals surface area contributed by atoms with Gasteiger partial charge in [0.25, 0.3) is 0 Å². The second-order valence-corrected chi connectivity index (χ2v) is 13.2. The van der Waals surface area contributed by atoms with Crippen LogP contribution in [0.3, 0.4) is 0 Å². The van der Waals surface area contributed by atoms with Gasteiger partial charge in [0.2, 0.25) is 5.91 Å².